The predicted molar refractivity (Wildman–Crippen MR) is 120 cm³/mol. The van der Waals surface area contributed by atoms with Gasteiger partial charge in [-0.1, -0.05) is 48.5 Å². The standard InChI is InChI=1S/C23H20N4O2S/c1-16-8-5-6-13-20(16)21-15-22(29-18-10-3-2-4-11-18)25-23(24-21)27-30-19-12-7-9-17(14-19)26-28/h2-15,26,28H,1H3,(H,24,25,27). The Kier molecular flexibility index (Phi) is 6.12. The van der Waals surface area contributed by atoms with Gasteiger partial charge in [0.1, 0.15) is 5.75 Å². The van der Waals surface area contributed by atoms with E-state index in [2.05, 4.69) is 20.2 Å². The van der Waals surface area contributed by atoms with Gasteiger partial charge in [-0.3, -0.25) is 15.4 Å². The van der Waals surface area contributed by atoms with Gasteiger partial charge >= 0.3 is 0 Å². The molecule has 3 N–H and O–H groups in total. The minimum atomic E-state index is 0.425. The van der Waals surface area contributed by atoms with Crippen LogP contribution in [0.2, 0.25) is 0 Å². The molecule has 4 aromatic rings. The molecule has 1 heterocycles. The van der Waals surface area contributed by atoms with Crippen molar-refractivity contribution in [3.63, 3.8) is 0 Å². The number of hydrogen-bond acceptors (Lipinski definition) is 7. The van der Waals surface area contributed by atoms with Crippen molar-refractivity contribution in [2.24, 2.45) is 0 Å². The molecule has 3 aromatic carbocycles. The van der Waals surface area contributed by atoms with Gasteiger partial charge in [0, 0.05) is 16.5 Å². The van der Waals surface area contributed by atoms with Gasteiger partial charge in [0.05, 0.1) is 11.4 Å². The summed E-state index contributed by atoms with van der Waals surface area (Å²) in [7, 11) is 0. The fourth-order valence-corrected chi connectivity index (χ4v) is 3.50. The number of anilines is 2. The zero-order valence-corrected chi connectivity index (χ0v) is 17.1. The highest BCUT2D eigenvalue weighted by atomic mass is 32.2. The number of rotatable bonds is 7. The molecular weight excluding hydrogens is 396 g/mol. The third-order valence-electron chi connectivity index (χ3n) is 4.31. The molecule has 0 aliphatic heterocycles. The van der Waals surface area contributed by atoms with E-state index in [0.717, 1.165) is 21.7 Å². The Bertz CT molecular complexity index is 1140. The minimum Gasteiger partial charge on any atom is -0.439 e. The van der Waals surface area contributed by atoms with E-state index in [-0.39, 0.29) is 0 Å². The number of nitrogens with one attached hydrogen (secondary N) is 2. The summed E-state index contributed by atoms with van der Waals surface area (Å²) in [6, 6.07) is 26.8. The molecule has 0 aliphatic rings. The van der Waals surface area contributed by atoms with Crippen LogP contribution in [0, 0.1) is 6.92 Å². The summed E-state index contributed by atoms with van der Waals surface area (Å²) in [5.41, 5.74) is 5.64. The van der Waals surface area contributed by atoms with Crippen LogP contribution in [0.4, 0.5) is 11.6 Å². The monoisotopic (exact) mass is 416 g/mol. The summed E-state index contributed by atoms with van der Waals surface area (Å²) in [4.78, 5) is 10.1. The van der Waals surface area contributed by atoms with Crippen LogP contribution in [0.3, 0.4) is 0 Å². The summed E-state index contributed by atoms with van der Waals surface area (Å²) in [6.07, 6.45) is 0. The van der Waals surface area contributed by atoms with Gasteiger partial charge in [-0.05, 0) is 54.8 Å². The molecule has 6 nitrogen and oxygen atoms in total. The number of ether oxygens (including phenoxy) is 1. The van der Waals surface area contributed by atoms with Gasteiger partial charge in [0.15, 0.2) is 0 Å². The Hall–Kier alpha value is -3.55. The lowest BCUT2D eigenvalue weighted by atomic mass is 10.1. The first-order valence-corrected chi connectivity index (χ1v) is 10.1. The average molecular weight is 417 g/mol. The Balaban J connectivity index is 1.65. The molecule has 0 saturated heterocycles. The Morgan fingerprint density at radius 2 is 1.67 bits per heavy atom. The second kappa shape index (κ2) is 9.30. The van der Waals surface area contributed by atoms with Crippen molar-refractivity contribution in [2.75, 3.05) is 10.2 Å². The van der Waals surface area contributed by atoms with Crippen LogP contribution < -0.4 is 14.9 Å². The molecule has 0 saturated carbocycles. The van der Waals surface area contributed by atoms with Crippen molar-refractivity contribution in [3.8, 4) is 22.9 Å². The van der Waals surface area contributed by atoms with E-state index in [4.69, 9.17) is 9.94 Å². The smallest absolute Gasteiger partial charge is 0.237 e. The molecule has 0 unspecified atom stereocenters. The first kappa shape index (κ1) is 19.8. The topological polar surface area (TPSA) is 79.3 Å². The quantitative estimate of drug-likeness (QED) is 0.246. The third kappa shape index (κ3) is 4.89. The maximum atomic E-state index is 9.09. The normalized spacial score (nSPS) is 10.5. The van der Waals surface area contributed by atoms with Crippen molar-refractivity contribution in [3.05, 3.63) is 90.5 Å². The average Bonchev–Trinajstić information content (AvgIpc) is 2.79. The Morgan fingerprint density at radius 1 is 0.867 bits per heavy atom. The fourth-order valence-electron chi connectivity index (χ4n) is 2.86. The Labute approximate surface area is 179 Å². The van der Waals surface area contributed by atoms with Crippen LogP contribution in [-0.2, 0) is 0 Å². The molecule has 30 heavy (non-hydrogen) atoms. The highest BCUT2D eigenvalue weighted by Gasteiger charge is 2.11. The van der Waals surface area contributed by atoms with Gasteiger partial charge in [-0.25, -0.2) is 4.98 Å². The minimum absolute atomic E-state index is 0.425. The van der Waals surface area contributed by atoms with Crippen LogP contribution in [0.15, 0.2) is 89.8 Å². The summed E-state index contributed by atoms with van der Waals surface area (Å²) in [5, 5.41) is 9.09. The van der Waals surface area contributed by atoms with E-state index in [1.165, 1.54) is 11.9 Å². The molecule has 0 atom stereocenters. The molecular formula is C23H20N4O2S. The van der Waals surface area contributed by atoms with Crippen LogP contribution in [-0.4, -0.2) is 15.2 Å². The van der Waals surface area contributed by atoms with Crippen molar-refractivity contribution < 1.29 is 9.94 Å². The number of aromatic nitrogens is 2. The van der Waals surface area contributed by atoms with Crippen LogP contribution in [0.25, 0.3) is 11.3 Å². The number of aryl methyl sites for hydroxylation is 1. The molecule has 0 spiro atoms. The van der Waals surface area contributed by atoms with Crippen molar-refractivity contribution >= 4 is 23.6 Å². The molecule has 0 bridgehead atoms. The highest BCUT2D eigenvalue weighted by Crippen LogP contribution is 2.29. The van der Waals surface area contributed by atoms with Crippen LogP contribution in [0.1, 0.15) is 5.56 Å². The number of hydrogen-bond donors (Lipinski definition) is 3. The van der Waals surface area contributed by atoms with Gasteiger partial charge in [-0.2, -0.15) is 4.98 Å². The first-order chi connectivity index (χ1) is 14.7. The summed E-state index contributed by atoms with van der Waals surface area (Å²) < 4.78 is 9.14. The highest BCUT2D eigenvalue weighted by molar-refractivity contribution is 8.00. The number of para-hydroxylation sites is 1. The molecule has 0 radical (unpaired) electrons. The van der Waals surface area contributed by atoms with Crippen LogP contribution in [0.5, 0.6) is 11.6 Å². The molecule has 0 amide bonds. The number of nitrogens with zero attached hydrogens (tertiary/aromatic N) is 2. The molecule has 0 fully saturated rings. The largest absolute Gasteiger partial charge is 0.439 e. The lowest BCUT2D eigenvalue weighted by Gasteiger charge is -2.12. The second-order valence-corrected chi connectivity index (χ2v) is 7.37. The van der Waals surface area contributed by atoms with Gasteiger partial charge in [0.25, 0.3) is 0 Å². The van der Waals surface area contributed by atoms with Crippen molar-refractivity contribution in [1.82, 2.24) is 9.97 Å². The zero-order chi connectivity index (χ0) is 20.8. The van der Waals surface area contributed by atoms with E-state index in [0.29, 0.717) is 23.3 Å². The molecule has 150 valence electrons. The summed E-state index contributed by atoms with van der Waals surface area (Å²) >= 11 is 1.34. The van der Waals surface area contributed by atoms with E-state index in [1.54, 1.807) is 6.07 Å². The second-order valence-electron chi connectivity index (χ2n) is 6.49. The van der Waals surface area contributed by atoms with E-state index in [1.807, 2.05) is 85.8 Å². The van der Waals surface area contributed by atoms with Gasteiger partial charge in [0.2, 0.25) is 11.8 Å². The zero-order valence-electron chi connectivity index (χ0n) is 16.2. The summed E-state index contributed by atoms with van der Waals surface area (Å²) in [5.74, 6) is 1.57. The predicted octanol–water partition coefficient (Wildman–Crippen LogP) is 6.16. The third-order valence-corrected chi connectivity index (χ3v) is 5.09. The van der Waals surface area contributed by atoms with Gasteiger partial charge < -0.3 is 4.74 Å². The molecule has 7 heteroatoms. The summed E-state index contributed by atoms with van der Waals surface area (Å²) in [6.45, 7) is 2.05. The lowest BCUT2D eigenvalue weighted by molar-refractivity contribution is 0.389. The Morgan fingerprint density at radius 3 is 2.47 bits per heavy atom. The molecule has 0 aliphatic carbocycles. The molecule has 1 aromatic heterocycles. The van der Waals surface area contributed by atoms with Crippen LogP contribution >= 0.6 is 11.9 Å². The van der Waals surface area contributed by atoms with Gasteiger partial charge in [-0.15, -0.1) is 0 Å². The fraction of sp³-hybridized carbons (Fsp3) is 0.0435. The number of benzene rings is 3. The first-order valence-electron chi connectivity index (χ1n) is 9.32. The molecule has 4 rings (SSSR count). The van der Waals surface area contributed by atoms with Crippen molar-refractivity contribution in [2.45, 2.75) is 11.8 Å². The maximum Gasteiger partial charge on any atom is 0.237 e. The van der Waals surface area contributed by atoms with Crippen molar-refractivity contribution in [1.29, 1.82) is 0 Å². The lowest BCUT2D eigenvalue weighted by Crippen LogP contribution is -2.00. The van der Waals surface area contributed by atoms with E-state index < -0.39 is 0 Å². The van der Waals surface area contributed by atoms with E-state index >= 15 is 0 Å². The maximum absolute atomic E-state index is 9.09. The SMILES string of the molecule is Cc1ccccc1-c1cc(Oc2ccccc2)nc(NSc2cccc(NO)c2)n1. The van der Waals surface area contributed by atoms with E-state index in [9.17, 15) is 0 Å².